The van der Waals surface area contributed by atoms with E-state index in [9.17, 15) is 4.79 Å². The topological polar surface area (TPSA) is 64.1 Å². The summed E-state index contributed by atoms with van der Waals surface area (Å²) in [7, 11) is 1.67. The Morgan fingerprint density at radius 1 is 0.939 bits per heavy atom. The Kier molecular flexibility index (Phi) is 7.80. The summed E-state index contributed by atoms with van der Waals surface area (Å²) in [4.78, 5) is 21.5. The predicted molar refractivity (Wildman–Crippen MR) is 129 cm³/mol. The Hall–Kier alpha value is -3.10. The highest BCUT2D eigenvalue weighted by Crippen LogP contribution is 2.26. The fraction of sp³-hybridized carbons (Fsp3) is 0.360. The number of benzene rings is 2. The fourth-order valence-corrected chi connectivity index (χ4v) is 4.48. The van der Waals surface area contributed by atoms with Crippen LogP contribution in [0, 0.1) is 0 Å². The normalized spacial score (nSPS) is 14.2. The van der Waals surface area contributed by atoms with Crippen LogP contribution in [0.15, 0.2) is 53.9 Å². The Morgan fingerprint density at radius 3 is 2.21 bits per heavy atom. The van der Waals surface area contributed by atoms with Gasteiger partial charge in [0.15, 0.2) is 6.61 Å². The van der Waals surface area contributed by atoms with E-state index in [2.05, 4.69) is 10.3 Å². The van der Waals surface area contributed by atoms with Crippen LogP contribution in [0.2, 0.25) is 0 Å². The average molecular weight is 468 g/mol. The number of amides is 1. The van der Waals surface area contributed by atoms with Gasteiger partial charge in [-0.3, -0.25) is 9.69 Å². The summed E-state index contributed by atoms with van der Waals surface area (Å²) in [6, 6.07) is 15.3. The van der Waals surface area contributed by atoms with E-state index in [1.54, 1.807) is 18.4 Å². The molecule has 33 heavy (non-hydrogen) atoms. The summed E-state index contributed by atoms with van der Waals surface area (Å²) in [5.74, 6) is 2.32. The minimum atomic E-state index is 0.0129. The maximum absolute atomic E-state index is 12.5. The van der Waals surface area contributed by atoms with Crippen LogP contribution in [-0.4, -0.2) is 67.2 Å². The number of hydrogen-bond acceptors (Lipinski definition) is 7. The molecular weight excluding hydrogens is 438 g/mol. The van der Waals surface area contributed by atoms with Crippen molar-refractivity contribution in [2.45, 2.75) is 13.5 Å². The van der Waals surface area contributed by atoms with Gasteiger partial charge in [-0.25, -0.2) is 4.98 Å². The molecule has 0 unspecified atom stereocenters. The molecule has 1 aromatic heterocycles. The highest BCUT2D eigenvalue weighted by atomic mass is 32.1. The zero-order chi connectivity index (χ0) is 23.0. The second-order valence-electron chi connectivity index (χ2n) is 7.72. The molecule has 0 saturated carbocycles. The first-order valence-corrected chi connectivity index (χ1v) is 12.0. The Balaban J connectivity index is 1.21. The number of rotatable bonds is 9. The number of carbonyl (C=O) groups is 1. The molecule has 0 atom stereocenters. The lowest BCUT2D eigenvalue weighted by molar-refractivity contribution is -0.135. The van der Waals surface area contributed by atoms with Gasteiger partial charge in [-0.2, -0.15) is 0 Å². The largest absolute Gasteiger partial charge is 0.497 e. The lowest BCUT2D eigenvalue weighted by atomic mass is 10.2. The molecule has 7 nitrogen and oxygen atoms in total. The number of aromatic nitrogens is 1. The van der Waals surface area contributed by atoms with Gasteiger partial charge in [-0.15, -0.1) is 11.3 Å². The molecule has 8 heteroatoms. The molecule has 0 bridgehead atoms. The van der Waals surface area contributed by atoms with Crippen LogP contribution >= 0.6 is 11.3 Å². The van der Waals surface area contributed by atoms with Crippen molar-refractivity contribution in [3.63, 3.8) is 0 Å². The number of thiazole rings is 1. The quantitative estimate of drug-likeness (QED) is 0.475. The standard InChI is InChI=1S/C25H29N3O4S/c1-3-31-22-8-10-23(11-9-22)32-17-24(29)28-14-12-27(13-15-28)16-20-18-33-25(26-20)19-4-6-21(30-2)7-5-19/h4-11,18H,3,12-17H2,1-2H3. The van der Waals surface area contributed by atoms with Gasteiger partial charge in [0.05, 0.1) is 19.4 Å². The SMILES string of the molecule is CCOc1ccc(OCC(=O)N2CCN(Cc3csc(-c4ccc(OC)cc4)n3)CC2)cc1. The molecule has 1 saturated heterocycles. The summed E-state index contributed by atoms with van der Waals surface area (Å²) >= 11 is 1.65. The maximum atomic E-state index is 12.5. The summed E-state index contributed by atoms with van der Waals surface area (Å²) < 4.78 is 16.3. The van der Waals surface area contributed by atoms with E-state index in [0.29, 0.717) is 25.4 Å². The van der Waals surface area contributed by atoms with Crippen molar-refractivity contribution in [1.82, 2.24) is 14.8 Å². The van der Waals surface area contributed by atoms with Crippen LogP contribution in [0.4, 0.5) is 0 Å². The van der Waals surface area contributed by atoms with Gasteiger partial charge in [0.2, 0.25) is 0 Å². The summed E-state index contributed by atoms with van der Waals surface area (Å²) in [6.07, 6.45) is 0. The molecule has 0 radical (unpaired) electrons. The third-order valence-corrected chi connectivity index (χ3v) is 6.44. The number of ether oxygens (including phenoxy) is 3. The van der Waals surface area contributed by atoms with E-state index >= 15 is 0 Å². The maximum Gasteiger partial charge on any atom is 0.260 e. The molecule has 2 aromatic carbocycles. The van der Waals surface area contributed by atoms with E-state index < -0.39 is 0 Å². The van der Waals surface area contributed by atoms with Crippen molar-refractivity contribution in [2.75, 3.05) is 46.5 Å². The predicted octanol–water partition coefficient (Wildman–Crippen LogP) is 3.94. The van der Waals surface area contributed by atoms with E-state index in [1.165, 1.54) is 0 Å². The molecule has 3 aromatic rings. The minimum absolute atomic E-state index is 0.0129. The van der Waals surface area contributed by atoms with Crippen LogP contribution in [0.1, 0.15) is 12.6 Å². The number of nitrogens with zero attached hydrogens (tertiary/aromatic N) is 3. The molecule has 1 fully saturated rings. The zero-order valence-electron chi connectivity index (χ0n) is 19.0. The van der Waals surface area contributed by atoms with E-state index in [0.717, 1.165) is 47.4 Å². The number of piperazine rings is 1. The average Bonchev–Trinajstić information content (AvgIpc) is 3.32. The molecule has 0 aliphatic carbocycles. The van der Waals surface area contributed by atoms with E-state index in [1.807, 2.05) is 60.4 Å². The van der Waals surface area contributed by atoms with Crippen molar-refractivity contribution >= 4 is 17.2 Å². The fourth-order valence-electron chi connectivity index (χ4n) is 3.67. The van der Waals surface area contributed by atoms with Crippen LogP contribution in [0.25, 0.3) is 10.6 Å². The van der Waals surface area contributed by atoms with Crippen LogP contribution in [0.3, 0.4) is 0 Å². The molecular formula is C25H29N3O4S. The smallest absolute Gasteiger partial charge is 0.260 e. The first-order chi connectivity index (χ1) is 16.1. The molecule has 0 spiro atoms. The molecule has 1 amide bonds. The molecule has 174 valence electrons. The van der Waals surface area contributed by atoms with Crippen LogP contribution in [0.5, 0.6) is 17.2 Å². The van der Waals surface area contributed by atoms with Gasteiger partial charge in [-0.1, -0.05) is 0 Å². The van der Waals surface area contributed by atoms with Crippen molar-refractivity contribution in [3.8, 4) is 27.8 Å². The summed E-state index contributed by atoms with van der Waals surface area (Å²) in [6.45, 7) is 6.44. The Labute approximate surface area is 198 Å². The summed E-state index contributed by atoms with van der Waals surface area (Å²) in [5.41, 5.74) is 2.15. The lowest BCUT2D eigenvalue weighted by Gasteiger charge is -2.34. The molecule has 4 rings (SSSR count). The Morgan fingerprint density at radius 2 is 1.58 bits per heavy atom. The third-order valence-electron chi connectivity index (χ3n) is 5.50. The third kappa shape index (κ3) is 6.24. The van der Waals surface area contributed by atoms with Gasteiger partial charge in [0.25, 0.3) is 5.91 Å². The van der Waals surface area contributed by atoms with E-state index in [-0.39, 0.29) is 12.5 Å². The Bertz CT molecular complexity index is 1030. The van der Waals surface area contributed by atoms with Crippen molar-refractivity contribution in [3.05, 3.63) is 59.6 Å². The second kappa shape index (κ2) is 11.2. The van der Waals surface area contributed by atoms with Gasteiger partial charge in [0.1, 0.15) is 22.3 Å². The molecule has 2 heterocycles. The zero-order valence-corrected chi connectivity index (χ0v) is 19.8. The lowest BCUT2D eigenvalue weighted by Crippen LogP contribution is -2.49. The first-order valence-electron chi connectivity index (χ1n) is 11.1. The molecule has 1 aliphatic rings. The van der Waals surface area contributed by atoms with Gasteiger partial charge >= 0.3 is 0 Å². The van der Waals surface area contributed by atoms with E-state index in [4.69, 9.17) is 19.2 Å². The van der Waals surface area contributed by atoms with Crippen molar-refractivity contribution in [2.24, 2.45) is 0 Å². The first kappa shape index (κ1) is 23.1. The van der Waals surface area contributed by atoms with Gasteiger partial charge < -0.3 is 19.1 Å². The van der Waals surface area contributed by atoms with Crippen LogP contribution in [-0.2, 0) is 11.3 Å². The number of hydrogen-bond donors (Lipinski definition) is 0. The molecule has 0 N–H and O–H groups in total. The van der Waals surface area contributed by atoms with Crippen LogP contribution < -0.4 is 14.2 Å². The van der Waals surface area contributed by atoms with Gasteiger partial charge in [0, 0.05) is 43.7 Å². The minimum Gasteiger partial charge on any atom is -0.497 e. The van der Waals surface area contributed by atoms with Crippen molar-refractivity contribution < 1.29 is 19.0 Å². The highest BCUT2D eigenvalue weighted by Gasteiger charge is 2.22. The van der Waals surface area contributed by atoms with Crippen molar-refractivity contribution in [1.29, 1.82) is 0 Å². The van der Waals surface area contributed by atoms with Gasteiger partial charge in [-0.05, 0) is 55.5 Å². The number of carbonyl (C=O) groups excluding carboxylic acids is 1. The monoisotopic (exact) mass is 467 g/mol. The highest BCUT2D eigenvalue weighted by molar-refractivity contribution is 7.13. The number of methoxy groups -OCH3 is 1. The second-order valence-corrected chi connectivity index (χ2v) is 8.58. The summed E-state index contributed by atoms with van der Waals surface area (Å²) in [5, 5.41) is 3.12. The molecule has 1 aliphatic heterocycles.